The minimum Gasteiger partial charge on any atom is -0.316 e. The molecule has 0 bridgehead atoms. The Morgan fingerprint density at radius 3 is 3.23 bits per heavy atom. The number of fused-ring (bicyclic) bond motifs is 1. The van der Waals surface area contributed by atoms with Gasteiger partial charge in [0, 0.05) is 25.5 Å². The van der Waals surface area contributed by atoms with Crippen molar-refractivity contribution in [1.29, 1.82) is 0 Å². The van der Waals surface area contributed by atoms with Gasteiger partial charge in [-0.15, -0.1) is 0 Å². The van der Waals surface area contributed by atoms with Crippen molar-refractivity contribution in [2.75, 3.05) is 13.1 Å². The van der Waals surface area contributed by atoms with Gasteiger partial charge >= 0.3 is 0 Å². The maximum absolute atomic E-state index is 11.8. The predicted octanol–water partition coefficient (Wildman–Crippen LogP) is 0.289. The Labute approximate surface area is 78.2 Å². The summed E-state index contributed by atoms with van der Waals surface area (Å²) in [5, 5.41) is 1.91. The molecule has 1 fully saturated rings. The van der Waals surface area contributed by atoms with E-state index in [1.54, 1.807) is 0 Å². The van der Waals surface area contributed by atoms with Crippen LogP contribution in [0.25, 0.3) is 0 Å². The van der Waals surface area contributed by atoms with Gasteiger partial charge in [0.15, 0.2) is 0 Å². The zero-order chi connectivity index (χ0) is 9.26. The van der Waals surface area contributed by atoms with Crippen LogP contribution in [0, 0.1) is 0 Å². The van der Waals surface area contributed by atoms with Crippen molar-refractivity contribution in [1.82, 2.24) is 15.3 Å². The summed E-state index contributed by atoms with van der Waals surface area (Å²) in [6.07, 6.45) is 5.75. The van der Waals surface area contributed by atoms with Crippen LogP contribution in [0.4, 0.5) is 0 Å². The SMILES string of the molecule is CCCN1C=CN2NCCC2C1=O. The van der Waals surface area contributed by atoms with Crippen LogP contribution in [0.1, 0.15) is 19.8 Å². The van der Waals surface area contributed by atoms with E-state index in [0.29, 0.717) is 0 Å². The third-order valence-electron chi connectivity index (χ3n) is 2.49. The molecule has 0 aromatic rings. The Kier molecular flexibility index (Phi) is 2.22. The molecule has 72 valence electrons. The van der Waals surface area contributed by atoms with Crippen LogP contribution in [0.5, 0.6) is 0 Å². The molecule has 2 aliphatic rings. The van der Waals surface area contributed by atoms with Crippen molar-refractivity contribution in [2.45, 2.75) is 25.8 Å². The molecule has 1 unspecified atom stereocenters. The molecule has 1 N–H and O–H groups in total. The molecule has 1 saturated heterocycles. The molecule has 1 atom stereocenters. The summed E-state index contributed by atoms with van der Waals surface area (Å²) in [4.78, 5) is 13.6. The molecule has 2 rings (SSSR count). The fourth-order valence-corrected chi connectivity index (χ4v) is 1.82. The van der Waals surface area contributed by atoms with E-state index in [4.69, 9.17) is 0 Å². The van der Waals surface area contributed by atoms with E-state index in [9.17, 15) is 4.79 Å². The van der Waals surface area contributed by atoms with Crippen LogP contribution in [0.2, 0.25) is 0 Å². The Balaban J connectivity index is 2.10. The lowest BCUT2D eigenvalue weighted by Gasteiger charge is -2.31. The highest BCUT2D eigenvalue weighted by atomic mass is 16.2. The average molecular weight is 181 g/mol. The monoisotopic (exact) mass is 181 g/mol. The quantitative estimate of drug-likeness (QED) is 0.665. The lowest BCUT2D eigenvalue weighted by atomic mass is 10.2. The van der Waals surface area contributed by atoms with E-state index in [0.717, 1.165) is 25.9 Å². The second-order valence-electron chi connectivity index (χ2n) is 3.45. The molecule has 0 radical (unpaired) electrons. The number of carbonyl (C=O) groups is 1. The minimum atomic E-state index is 0.0385. The zero-order valence-electron chi connectivity index (χ0n) is 7.86. The van der Waals surface area contributed by atoms with Crippen LogP contribution >= 0.6 is 0 Å². The largest absolute Gasteiger partial charge is 0.316 e. The molecule has 0 aromatic heterocycles. The number of hydrazine groups is 1. The first kappa shape index (κ1) is 8.56. The smallest absolute Gasteiger partial charge is 0.250 e. The third kappa shape index (κ3) is 1.42. The van der Waals surface area contributed by atoms with E-state index in [1.165, 1.54) is 0 Å². The molecule has 2 heterocycles. The normalized spacial score (nSPS) is 26.8. The van der Waals surface area contributed by atoms with Crippen molar-refractivity contribution in [2.24, 2.45) is 0 Å². The van der Waals surface area contributed by atoms with Crippen molar-refractivity contribution in [3.63, 3.8) is 0 Å². The van der Waals surface area contributed by atoms with Gasteiger partial charge in [-0.2, -0.15) is 0 Å². The van der Waals surface area contributed by atoms with Crippen LogP contribution in [-0.2, 0) is 4.79 Å². The van der Waals surface area contributed by atoms with Gasteiger partial charge in [0.25, 0.3) is 5.91 Å². The summed E-state index contributed by atoms with van der Waals surface area (Å²) in [5.74, 6) is 0.231. The first-order valence-electron chi connectivity index (χ1n) is 4.83. The average Bonchev–Trinajstić information content (AvgIpc) is 2.58. The fourth-order valence-electron chi connectivity index (χ4n) is 1.82. The van der Waals surface area contributed by atoms with Crippen LogP contribution in [0.15, 0.2) is 12.4 Å². The molecule has 2 aliphatic heterocycles. The summed E-state index contributed by atoms with van der Waals surface area (Å²) < 4.78 is 0. The van der Waals surface area contributed by atoms with Crippen molar-refractivity contribution < 1.29 is 4.79 Å². The summed E-state index contributed by atoms with van der Waals surface area (Å²) in [6, 6.07) is 0.0385. The predicted molar refractivity (Wildman–Crippen MR) is 49.4 cm³/mol. The lowest BCUT2D eigenvalue weighted by molar-refractivity contribution is -0.134. The van der Waals surface area contributed by atoms with Crippen molar-refractivity contribution in [3.05, 3.63) is 12.4 Å². The third-order valence-corrected chi connectivity index (χ3v) is 2.49. The highest BCUT2D eigenvalue weighted by molar-refractivity contribution is 5.84. The Morgan fingerprint density at radius 2 is 2.46 bits per heavy atom. The first-order valence-corrected chi connectivity index (χ1v) is 4.83. The molecule has 1 amide bonds. The topological polar surface area (TPSA) is 35.6 Å². The standard InChI is InChI=1S/C9H15N3O/c1-2-5-11-6-7-12-8(9(11)13)3-4-10-12/h6-8,10H,2-5H2,1H3. The molecular formula is C9H15N3O. The first-order chi connectivity index (χ1) is 6.33. The second kappa shape index (κ2) is 3.38. The highest BCUT2D eigenvalue weighted by Gasteiger charge is 2.33. The molecule has 0 aliphatic carbocycles. The van der Waals surface area contributed by atoms with Gasteiger partial charge < -0.3 is 9.91 Å². The maximum atomic E-state index is 11.8. The number of carbonyl (C=O) groups excluding carboxylic acids is 1. The van der Waals surface area contributed by atoms with Gasteiger partial charge in [0.05, 0.1) is 0 Å². The fraction of sp³-hybridized carbons (Fsp3) is 0.667. The van der Waals surface area contributed by atoms with Crippen LogP contribution < -0.4 is 5.43 Å². The Hall–Kier alpha value is -1.03. The minimum absolute atomic E-state index is 0.0385. The van der Waals surface area contributed by atoms with Gasteiger partial charge in [-0.25, -0.2) is 5.43 Å². The van der Waals surface area contributed by atoms with Crippen LogP contribution in [0.3, 0.4) is 0 Å². The van der Waals surface area contributed by atoms with E-state index in [1.807, 2.05) is 22.3 Å². The number of nitrogens with one attached hydrogen (secondary N) is 1. The second-order valence-corrected chi connectivity index (χ2v) is 3.45. The number of hydrogen-bond donors (Lipinski definition) is 1. The van der Waals surface area contributed by atoms with E-state index in [-0.39, 0.29) is 11.9 Å². The van der Waals surface area contributed by atoms with Gasteiger partial charge in [-0.1, -0.05) is 6.92 Å². The number of nitrogens with zero attached hydrogens (tertiary/aromatic N) is 2. The molecule has 0 aromatic carbocycles. The molecule has 4 nitrogen and oxygen atoms in total. The van der Waals surface area contributed by atoms with Gasteiger partial charge in [-0.3, -0.25) is 4.79 Å². The van der Waals surface area contributed by atoms with Gasteiger partial charge in [0.1, 0.15) is 6.04 Å². The van der Waals surface area contributed by atoms with Gasteiger partial charge in [-0.05, 0) is 12.8 Å². The number of amides is 1. The van der Waals surface area contributed by atoms with E-state index < -0.39 is 0 Å². The lowest BCUT2D eigenvalue weighted by Crippen LogP contribution is -2.48. The van der Waals surface area contributed by atoms with Gasteiger partial charge in [0.2, 0.25) is 0 Å². The molecule has 4 heteroatoms. The number of hydrogen-bond acceptors (Lipinski definition) is 3. The Bertz CT molecular complexity index is 239. The molecule has 0 saturated carbocycles. The number of rotatable bonds is 2. The summed E-state index contributed by atoms with van der Waals surface area (Å²) in [5.41, 5.74) is 3.15. The van der Waals surface area contributed by atoms with Crippen LogP contribution in [-0.4, -0.2) is 34.9 Å². The van der Waals surface area contributed by atoms with Crippen molar-refractivity contribution >= 4 is 5.91 Å². The molecular weight excluding hydrogens is 166 g/mol. The molecule has 13 heavy (non-hydrogen) atoms. The zero-order valence-corrected chi connectivity index (χ0v) is 7.86. The van der Waals surface area contributed by atoms with Crippen molar-refractivity contribution in [3.8, 4) is 0 Å². The summed E-state index contributed by atoms with van der Waals surface area (Å²) >= 11 is 0. The van der Waals surface area contributed by atoms with E-state index >= 15 is 0 Å². The Morgan fingerprint density at radius 1 is 1.62 bits per heavy atom. The van der Waals surface area contributed by atoms with E-state index in [2.05, 4.69) is 12.3 Å². The highest BCUT2D eigenvalue weighted by Crippen LogP contribution is 2.17. The summed E-state index contributed by atoms with van der Waals surface area (Å²) in [6.45, 7) is 3.82. The maximum Gasteiger partial charge on any atom is 0.250 e. The summed E-state index contributed by atoms with van der Waals surface area (Å²) in [7, 11) is 0. The molecule has 0 spiro atoms.